The molecule has 0 spiro atoms. The Morgan fingerprint density at radius 2 is 0.906 bits per heavy atom. The molecule has 0 aliphatic rings. The van der Waals surface area contributed by atoms with Gasteiger partial charge in [0.1, 0.15) is 0 Å². The molecule has 0 amide bonds. The maximum absolute atomic E-state index is 5.16. The molecule has 0 saturated heterocycles. The van der Waals surface area contributed by atoms with E-state index in [0.717, 1.165) is 27.8 Å². The van der Waals surface area contributed by atoms with Crippen LogP contribution < -0.4 is 0 Å². The molecule has 0 fully saturated rings. The lowest BCUT2D eigenvalue weighted by atomic mass is 9.89. The van der Waals surface area contributed by atoms with Crippen LogP contribution in [0, 0.1) is 0 Å². The van der Waals surface area contributed by atoms with Crippen molar-refractivity contribution >= 4 is 42.3 Å². The molecule has 3 nitrogen and oxygen atoms in total. The second-order valence-electron chi connectivity index (χ2n) is 13.2. The topological polar surface area (TPSA) is 38.7 Å². The molecule has 2 heterocycles. The Kier molecular flexibility index (Phi) is 7.67. The van der Waals surface area contributed by atoms with Crippen LogP contribution in [0.4, 0.5) is 0 Å². The summed E-state index contributed by atoms with van der Waals surface area (Å²) in [6.45, 7) is 0. The fraction of sp³-hybridized carbons (Fsp3) is 0. The molecule has 10 rings (SSSR count). The van der Waals surface area contributed by atoms with Crippen molar-refractivity contribution < 1.29 is 0 Å². The van der Waals surface area contributed by atoms with Gasteiger partial charge in [0.2, 0.25) is 0 Å². The molecule has 0 aliphatic heterocycles. The molecule has 0 bridgehead atoms. The molecule has 10 aromatic rings. The van der Waals surface area contributed by atoms with Crippen LogP contribution in [0.5, 0.6) is 0 Å². The van der Waals surface area contributed by atoms with Gasteiger partial charge in [0.05, 0.1) is 0 Å². The average molecular weight is 694 g/mol. The summed E-state index contributed by atoms with van der Waals surface area (Å²) in [6, 6.07) is 66.4. The molecule has 0 radical (unpaired) electrons. The molecule has 248 valence electrons. The van der Waals surface area contributed by atoms with Crippen molar-refractivity contribution in [3.05, 3.63) is 188 Å². The van der Waals surface area contributed by atoms with Gasteiger partial charge < -0.3 is 0 Å². The highest BCUT2D eigenvalue weighted by atomic mass is 32.1. The fourth-order valence-corrected chi connectivity index (χ4v) is 8.58. The van der Waals surface area contributed by atoms with E-state index in [1.54, 1.807) is 11.3 Å². The zero-order valence-corrected chi connectivity index (χ0v) is 29.5. The summed E-state index contributed by atoms with van der Waals surface area (Å²) in [5, 5.41) is 4.95. The summed E-state index contributed by atoms with van der Waals surface area (Å²) in [6.07, 6.45) is 0. The van der Waals surface area contributed by atoms with Gasteiger partial charge in [-0.15, -0.1) is 11.3 Å². The Hall–Kier alpha value is -6.75. The molecule has 2 aromatic heterocycles. The molecule has 0 unspecified atom stereocenters. The average Bonchev–Trinajstić information content (AvgIpc) is 3.63. The number of rotatable bonds is 6. The van der Waals surface area contributed by atoms with Crippen molar-refractivity contribution in [2.75, 3.05) is 0 Å². The maximum Gasteiger partial charge on any atom is 0.165 e. The molecule has 0 atom stereocenters. The Morgan fingerprint density at radius 1 is 0.321 bits per heavy atom. The molecular formula is C49H31N3S. The standard InChI is InChI=1S/C49H31N3S/c1-3-13-33(14-4-1)40-30-29-34-15-7-8-20-39(34)45(40)35-27-25-32(26-28-35)37-18-11-19-38(31-37)48-50-47(36-16-5-2-6-17-36)51-49(52-48)43-23-12-22-42-41-21-9-10-24-44(41)53-46(42)43/h1-31H. The van der Waals surface area contributed by atoms with Crippen LogP contribution in [0.25, 0.3) is 98.5 Å². The molecular weight excluding hydrogens is 663 g/mol. The summed E-state index contributed by atoms with van der Waals surface area (Å²) < 4.78 is 2.43. The Labute approximate surface area is 311 Å². The highest BCUT2D eigenvalue weighted by Gasteiger charge is 2.17. The van der Waals surface area contributed by atoms with Crippen molar-refractivity contribution in [1.29, 1.82) is 0 Å². The summed E-state index contributed by atoms with van der Waals surface area (Å²) in [5.74, 6) is 1.97. The highest BCUT2D eigenvalue weighted by molar-refractivity contribution is 7.26. The van der Waals surface area contributed by atoms with Gasteiger partial charge >= 0.3 is 0 Å². The van der Waals surface area contributed by atoms with Crippen molar-refractivity contribution in [2.45, 2.75) is 0 Å². The molecule has 53 heavy (non-hydrogen) atoms. The predicted molar refractivity (Wildman–Crippen MR) is 223 cm³/mol. The van der Waals surface area contributed by atoms with E-state index in [-0.39, 0.29) is 0 Å². The first kappa shape index (κ1) is 31.0. The largest absolute Gasteiger partial charge is 0.208 e. The predicted octanol–water partition coefficient (Wildman–Crippen LogP) is 13.4. The Balaban J connectivity index is 1.07. The normalized spacial score (nSPS) is 11.4. The number of aromatic nitrogens is 3. The third-order valence-electron chi connectivity index (χ3n) is 9.95. The molecule has 4 heteroatoms. The zero-order chi connectivity index (χ0) is 35.1. The van der Waals surface area contributed by atoms with Crippen LogP contribution in [0.15, 0.2) is 188 Å². The minimum atomic E-state index is 0.647. The van der Waals surface area contributed by atoms with Crippen LogP contribution in [0.2, 0.25) is 0 Å². The smallest absolute Gasteiger partial charge is 0.165 e. The third kappa shape index (κ3) is 5.66. The summed E-state index contributed by atoms with van der Waals surface area (Å²) in [4.78, 5) is 15.3. The van der Waals surface area contributed by atoms with Gasteiger partial charge in [0.25, 0.3) is 0 Å². The van der Waals surface area contributed by atoms with Crippen LogP contribution in [-0.2, 0) is 0 Å². The third-order valence-corrected chi connectivity index (χ3v) is 11.2. The number of thiophene rings is 1. The van der Waals surface area contributed by atoms with Gasteiger partial charge in [-0.25, -0.2) is 15.0 Å². The number of hydrogen-bond acceptors (Lipinski definition) is 4. The number of fused-ring (bicyclic) bond motifs is 4. The van der Waals surface area contributed by atoms with Gasteiger partial charge in [-0.2, -0.15) is 0 Å². The molecule has 8 aromatic carbocycles. The van der Waals surface area contributed by atoms with Gasteiger partial charge in [0.15, 0.2) is 17.5 Å². The monoisotopic (exact) mass is 693 g/mol. The summed E-state index contributed by atoms with van der Waals surface area (Å²) >= 11 is 1.79. The molecule has 0 saturated carbocycles. The second-order valence-corrected chi connectivity index (χ2v) is 14.2. The van der Waals surface area contributed by atoms with Gasteiger partial charge in [-0.3, -0.25) is 0 Å². The van der Waals surface area contributed by atoms with E-state index in [1.165, 1.54) is 53.2 Å². The first-order valence-electron chi connectivity index (χ1n) is 17.8. The van der Waals surface area contributed by atoms with Gasteiger partial charge in [-0.1, -0.05) is 170 Å². The van der Waals surface area contributed by atoms with Crippen molar-refractivity contribution in [2.24, 2.45) is 0 Å². The SMILES string of the molecule is c1ccc(-c2nc(-c3cccc(-c4ccc(-c5c(-c6ccccc6)ccc6ccccc56)cc4)c3)nc(-c3cccc4c3sc3ccccc34)n2)cc1. The highest BCUT2D eigenvalue weighted by Crippen LogP contribution is 2.41. The van der Waals surface area contributed by atoms with E-state index in [1.807, 2.05) is 18.2 Å². The van der Waals surface area contributed by atoms with Crippen LogP contribution in [0.3, 0.4) is 0 Å². The van der Waals surface area contributed by atoms with E-state index >= 15 is 0 Å². The van der Waals surface area contributed by atoms with E-state index in [2.05, 4.69) is 170 Å². The van der Waals surface area contributed by atoms with E-state index in [0.29, 0.717) is 17.5 Å². The summed E-state index contributed by atoms with van der Waals surface area (Å²) in [7, 11) is 0. The van der Waals surface area contributed by atoms with E-state index < -0.39 is 0 Å². The molecule has 0 N–H and O–H groups in total. The molecule has 0 aliphatic carbocycles. The van der Waals surface area contributed by atoms with E-state index in [9.17, 15) is 0 Å². The van der Waals surface area contributed by atoms with Crippen molar-refractivity contribution in [1.82, 2.24) is 15.0 Å². The van der Waals surface area contributed by atoms with Crippen molar-refractivity contribution in [3.63, 3.8) is 0 Å². The first-order valence-corrected chi connectivity index (χ1v) is 18.6. The van der Waals surface area contributed by atoms with Gasteiger partial charge in [0, 0.05) is 36.9 Å². The lowest BCUT2D eigenvalue weighted by Crippen LogP contribution is -2.00. The number of nitrogens with zero attached hydrogens (tertiary/aromatic N) is 3. The van der Waals surface area contributed by atoms with Crippen LogP contribution in [-0.4, -0.2) is 15.0 Å². The zero-order valence-electron chi connectivity index (χ0n) is 28.6. The van der Waals surface area contributed by atoms with Gasteiger partial charge in [-0.05, 0) is 62.4 Å². The first-order chi connectivity index (χ1) is 26.3. The minimum Gasteiger partial charge on any atom is -0.208 e. The summed E-state index contributed by atoms with van der Waals surface area (Å²) in [5.41, 5.74) is 10.0. The van der Waals surface area contributed by atoms with E-state index in [4.69, 9.17) is 15.0 Å². The Bertz CT molecular complexity index is 2930. The quantitative estimate of drug-likeness (QED) is 0.174. The fourth-order valence-electron chi connectivity index (χ4n) is 7.37. The van der Waals surface area contributed by atoms with Crippen LogP contribution >= 0.6 is 11.3 Å². The maximum atomic E-state index is 5.16. The lowest BCUT2D eigenvalue weighted by molar-refractivity contribution is 1.08. The lowest BCUT2D eigenvalue weighted by Gasteiger charge is -2.15. The number of hydrogen-bond donors (Lipinski definition) is 0. The second kappa shape index (κ2) is 13.1. The van der Waals surface area contributed by atoms with Crippen molar-refractivity contribution in [3.8, 4) is 67.5 Å². The minimum absolute atomic E-state index is 0.647. The Morgan fingerprint density at radius 3 is 1.72 bits per heavy atom. The number of benzene rings is 8. The van der Waals surface area contributed by atoms with Crippen LogP contribution in [0.1, 0.15) is 0 Å².